The lowest BCUT2D eigenvalue weighted by molar-refractivity contribution is 0.221. The van der Waals surface area contributed by atoms with E-state index < -0.39 is 0 Å². The summed E-state index contributed by atoms with van der Waals surface area (Å²) in [5, 5.41) is 4.35. The summed E-state index contributed by atoms with van der Waals surface area (Å²) < 4.78 is 7.96. The number of aromatic nitrogens is 5. The number of aryl methyl sites for hydroxylation is 1. The lowest BCUT2D eigenvalue weighted by Gasteiger charge is -2.09. The van der Waals surface area contributed by atoms with E-state index in [1.54, 1.807) is 4.68 Å². The van der Waals surface area contributed by atoms with Crippen LogP contribution in [0.5, 0.6) is 6.01 Å². The van der Waals surface area contributed by atoms with E-state index in [0.29, 0.717) is 5.95 Å². The van der Waals surface area contributed by atoms with Gasteiger partial charge in [-0.1, -0.05) is 0 Å². The Bertz CT molecular complexity index is 609. The number of anilines is 1. The summed E-state index contributed by atoms with van der Waals surface area (Å²) >= 11 is 3.46. The molecule has 19 heavy (non-hydrogen) atoms. The first-order valence-corrected chi connectivity index (χ1v) is 6.58. The molecule has 7 nitrogen and oxygen atoms in total. The van der Waals surface area contributed by atoms with Gasteiger partial charge in [0.05, 0.1) is 22.0 Å². The predicted molar refractivity (Wildman–Crippen MR) is 74.3 cm³/mol. The highest BCUT2D eigenvalue weighted by molar-refractivity contribution is 9.10. The Kier molecular flexibility index (Phi) is 3.70. The molecule has 0 bridgehead atoms. The van der Waals surface area contributed by atoms with Gasteiger partial charge in [-0.05, 0) is 43.6 Å². The van der Waals surface area contributed by atoms with E-state index in [-0.39, 0.29) is 18.1 Å². The first kappa shape index (κ1) is 13.7. The molecular weight excluding hydrogens is 312 g/mol. The van der Waals surface area contributed by atoms with E-state index >= 15 is 0 Å². The van der Waals surface area contributed by atoms with Gasteiger partial charge in [-0.25, -0.2) is 4.68 Å². The molecule has 8 heteroatoms. The summed E-state index contributed by atoms with van der Waals surface area (Å²) in [7, 11) is 0. The van der Waals surface area contributed by atoms with Crippen LogP contribution in [0.15, 0.2) is 4.47 Å². The molecule has 0 unspecified atom stereocenters. The van der Waals surface area contributed by atoms with Crippen molar-refractivity contribution >= 4 is 21.9 Å². The molecule has 0 aliphatic heterocycles. The van der Waals surface area contributed by atoms with Crippen molar-refractivity contribution in [3.8, 4) is 12.0 Å². The third-order valence-electron chi connectivity index (χ3n) is 2.35. The largest absolute Gasteiger partial charge is 0.461 e. The number of nitrogen functional groups attached to an aromatic ring is 1. The number of nitrogens with zero attached hydrogens (tertiary/aromatic N) is 5. The van der Waals surface area contributed by atoms with E-state index in [0.717, 1.165) is 15.9 Å². The van der Waals surface area contributed by atoms with Crippen molar-refractivity contribution in [1.82, 2.24) is 24.7 Å². The number of nitrogens with two attached hydrogens (primary N) is 1. The third kappa shape index (κ3) is 2.83. The maximum atomic E-state index is 5.67. The number of halogens is 1. The van der Waals surface area contributed by atoms with Crippen LogP contribution >= 0.6 is 15.9 Å². The van der Waals surface area contributed by atoms with Crippen molar-refractivity contribution in [2.45, 2.75) is 33.8 Å². The van der Waals surface area contributed by atoms with Gasteiger partial charge < -0.3 is 10.5 Å². The highest BCUT2D eigenvalue weighted by Crippen LogP contribution is 2.22. The molecule has 2 rings (SSSR count). The Hall–Kier alpha value is -1.70. The minimum Gasteiger partial charge on any atom is -0.461 e. The van der Waals surface area contributed by atoms with Gasteiger partial charge >= 0.3 is 6.01 Å². The second-order valence-corrected chi connectivity index (χ2v) is 5.13. The first-order chi connectivity index (χ1) is 8.88. The van der Waals surface area contributed by atoms with E-state index in [4.69, 9.17) is 10.5 Å². The van der Waals surface area contributed by atoms with Gasteiger partial charge in [-0.15, -0.1) is 0 Å². The Balaban J connectivity index is 2.49. The van der Waals surface area contributed by atoms with Crippen LogP contribution in [0.25, 0.3) is 5.95 Å². The maximum absolute atomic E-state index is 5.67. The number of hydrogen-bond donors (Lipinski definition) is 1. The van der Waals surface area contributed by atoms with E-state index in [2.05, 4.69) is 36.0 Å². The smallest absolute Gasteiger partial charge is 0.323 e. The monoisotopic (exact) mass is 326 g/mol. The standard InChI is InChI=1S/C11H15BrN6O/c1-5(2)19-11-15-9(13)14-10(16-11)18-7(4)8(12)6(3)17-18/h5H,1-4H3,(H2,13,14,15,16). The lowest BCUT2D eigenvalue weighted by atomic mass is 10.4. The van der Waals surface area contributed by atoms with Crippen molar-refractivity contribution in [2.75, 3.05) is 5.73 Å². The summed E-state index contributed by atoms with van der Waals surface area (Å²) in [5.41, 5.74) is 7.41. The van der Waals surface area contributed by atoms with Gasteiger partial charge in [-0.3, -0.25) is 0 Å². The van der Waals surface area contributed by atoms with E-state index in [9.17, 15) is 0 Å². The number of rotatable bonds is 3. The fraction of sp³-hybridized carbons (Fsp3) is 0.455. The molecule has 2 aromatic rings. The second kappa shape index (κ2) is 5.12. The van der Waals surface area contributed by atoms with Gasteiger partial charge in [0.2, 0.25) is 5.95 Å². The molecule has 0 saturated carbocycles. The predicted octanol–water partition coefficient (Wildman–Crippen LogP) is 1.81. The molecule has 0 amide bonds. The Morgan fingerprint density at radius 3 is 2.42 bits per heavy atom. The van der Waals surface area contributed by atoms with Crippen molar-refractivity contribution < 1.29 is 4.74 Å². The van der Waals surface area contributed by atoms with Gasteiger partial charge in [0.1, 0.15) is 0 Å². The average Bonchev–Trinajstić information content (AvgIpc) is 2.55. The maximum Gasteiger partial charge on any atom is 0.323 e. The van der Waals surface area contributed by atoms with Gasteiger partial charge in [0.25, 0.3) is 5.95 Å². The van der Waals surface area contributed by atoms with Crippen molar-refractivity contribution in [2.24, 2.45) is 0 Å². The molecule has 2 aromatic heterocycles. The van der Waals surface area contributed by atoms with Crippen LogP contribution in [-0.2, 0) is 0 Å². The number of ether oxygens (including phenoxy) is 1. The van der Waals surface area contributed by atoms with Gasteiger partial charge in [0, 0.05) is 0 Å². The summed E-state index contributed by atoms with van der Waals surface area (Å²) in [5.74, 6) is 0.443. The lowest BCUT2D eigenvalue weighted by Crippen LogP contribution is -2.14. The fourth-order valence-electron chi connectivity index (χ4n) is 1.54. The molecular formula is C11H15BrN6O. The summed E-state index contributed by atoms with van der Waals surface area (Å²) in [6, 6.07) is 0.196. The van der Waals surface area contributed by atoms with Crippen molar-refractivity contribution in [3.05, 3.63) is 15.9 Å². The van der Waals surface area contributed by atoms with Crippen LogP contribution in [0, 0.1) is 13.8 Å². The highest BCUT2D eigenvalue weighted by Gasteiger charge is 2.15. The SMILES string of the molecule is Cc1nn(-c2nc(N)nc(OC(C)C)n2)c(C)c1Br. The van der Waals surface area contributed by atoms with E-state index in [1.807, 2.05) is 27.7 Å². The zero-order valence-electron chi connectivity index (χ0n) is 11.2. The summed E-state index contributed by atoms with van der Waals surface area (Å²) in [6.45, 7) is 7.58. The molecule has 0 saturated heterocycles. The van der Waals surface area contributed by atoms with Crippen LogP contribution in [0.1, 0.15) is 25.2 Å². The fourth-order valence-corrected chi connectivity index (χ4v) is 1.78. The number of hydrogen-bond acceptors (Lipinski definition) is 6. The van der Waals surface area contributed by atoms with Crippen LogP contribution in [0.4, 0.5) is 5.95 Å². The molecule has 0 spiro atoms. The Morgan fingerprint density at radius 1 is 1.21 bits per heavy atom. The van der Waals surface area contributed by atoms with E-state index in [1.165, 1.54) is 0 Å². The van der Waals surface area contributed by atoms with Gasteiger partial charge in [0.15, 0.2) is 0 Å². The normalized spacial score (nSPS) is 11.1. The minimum absolute atomic E-state index is 0.0400. The summed E-state index contributed by atoms with van der Waals surface area (Å²) in [4.78, 5) is 12.2. The zero-order chi connectivity index (χ0) is 14.2. The average molecular weight is 327 g/mol. The molecule has 0 aromatic carbocycles. The second-order valence-electron chi connectivity index (χ2n) is 4.34. The zero-order valence-corrected chi connectivity index (χ0v) is 12.8. The van der Waals surface area contributed by atoms with Crippen LogP contribution in [-0.4, -0.2) is 30.8 Å². The molecule has 0 radical (unpaired) electrons. The van der Waals surface area contributed by atoms with Crippen LogP contribution in [0.3, 0.4) is 0 Å². The van der Waals surface area contributed by atoms with Gasteiger partial charge in [-0.2, -0.15) is 20.1 Å². The van der Waals surface area contributed by atoms with Crippen LogP contribution in [0.2, 0.25) is 0 Å². The van der Waals surface area contributed by atoms with Crippen molar-refractivity contribution in [3.63, 3.8) is 0 Å². The summed E-state index contributed by atoms with van der Waals surface area (Å²) in [6.07, 6.45) is -0.0400. The topological polar surface area (TPSA) is 91.7 Å². The molecule has 0 aliphatic carbocycles. The Labute approximate surface area is 119 Å². The molecule has 2 heterocycles. The third-order valence-corrected chi connectivity index (χ3v) is 3.50. The highest BCUT2D eigenvalue weighted by atomic mass is 79.9. The first-order valence-electron chi connectivity index (χ1n) is 5.78. The van der Waals surface area contributed by atoms with Crippen molar-refractivity contribution in [1.29, 1.82) is 0 Å². The van der Waals surface area contributed by atoms with Crippen LogP contribution < -0.4 is 10.5 Å². The minimum atomic E-state index is -0.0400. The molecule has 0 aliphatic rings. The Morgan fingerprint density at radius 2 is 1.89 bits per heavy atom. The molecule has 0 atom stereocenters. The quantitative estimate of drug-likeness (QED) is 0.924. The molecule has 102 valence electrons. The molecule has 0 fully saturated rings. The molecule has 2 N–H and O–H groups in total.